The number of carbonyl (C=O) groups excluding carboxylic acids is 1. The van der Waals surface area contributed by atoms with Gasteiger partial charge in [-0.3, -0.25) is 9.47 Å². The molecule has 0 bridgehead atoms. The molecule has 0 saturated carbocycles. The molecule has 208 valence electrons. The Hall–Kier alpha value is -4.32. The molecule has 1 N–H and O–H groups in total. The van der Waals surface area contributed by atoms with Crippen LogP contribution < -0.4 is 10.1 Å². The van der Waals surface area contributed by atoms with E-state index in [0.29, 0.717) is 48.3 Å². The molecule has 2 aromatic heterocycles. The second-order valence-corrected chi connectivity index (χ2v) is 9.22. The minimum Gasteiger partial charge on any atom is -0.406 e. The first-order chi connectivity index (χ1) is 19.1. The number of benzene rings is 2. The quantitative estimate of drug-likeness (QED) is 0.226. The van der Waals surface area contributed by atoms with Gasteiger partial charge in [0.15, 0.2) is 0 Å². The van der Waals surface area contributed by atoms with E-state index in [1.807, 2.05) is 4.90 Å². The van der Waals surface area contributed by atoms with Gasteiger partial charge in [0.25, 0.3) is 0 Å². The van der Waals surface area contributed by atoms with E-state index in [1.54, 1.807) is 12.2 Å². The molecule has 0 spiro atoms. The van der Waals surface area contributed by atoms with E-state index in [4.69, 9.17) is 0 Å². The molecule has 0 atom stereocenters. The van der Waals surface area contributed by atoms with Gasteiger partial charge in [-0.25, -0.2) is 18.6 Å². The Morgan fingerprint density at radius 2 is 1.82 bits per heavy atom. The molecule has 4 aromatic rings. The molecule has 40 heavy (non-hydrogen) atoms. The Morgan fingerprint density at radius 3 is 2.55 bits per heavy atom. The lowest BCUT2D eigenvalue weighted by Gasteiger charge is -2.27. The van der Waals surface area contributed by atoms with Crippen molar-refractivity contribution >= 4 is 23.0 Å². The number of pyridine rings is 1. The number of nitrogens with one attached hydrogen (secondary N) is 1. The molecule has 0 aliphatic carbocycles. The Kier molecular flexibility index (Phi) is 7.53. The topological polar surface area (TPSA) is 59.4 Å². The maximum atomic E-state index is 13.5. The summed E-state index contributed by atoms with van der Waals surface area (Å²) in [4.78, 5) is 18.8. The van der Waals surface area contributed by atoms with Gasteiger partial charge in [-0.1, -0.05) is 12.2 Å². The molecule has 0 unspecified atom stereocenters. The third-order valence-corrected chi connectivity index (χ3v) is 6.43. The smallest absolute Gasteiger partial charge is 0.406 e. The van der Waals surface area contributed by atoms with Crippen LogP contribution in [0.4, 0.5) is 31.1 Å². The van der Waals surface area contributed by atoms with E-state index < -0.39 is 35.7 Å². The third-order valence-electron chi connectivity index (χ3n) is 6.43. The van der Waals surface area contributed by atoms with Gasteiger partial charge in [-0.15, -0.1) is 13.2 Å². The first kappa shape index (κ1) is 27.3. The van der Waals surface area contributed by atoms with Crippen molar-refractivity contribution in [1.29, 1.82) is 0 Å². The maximum absolute atomic E-state index is 13.5. The molecular weight excluding hydrogens is 538 g/mol. The zero-order chi connectivity index (χ0) is 28.4. The molecule has 0 radical (unpaired) electrons. The zero-order valence-corrected chi connectivity index (χ0v) is 20.8. The zero-order valence-electron chi connectivity index (χ0n) is 20.8. The highest BCUT2D eigenvalue weighted by atomic mass is 19.4. The van der Waals surface area contributed by atoms with Crippen LogP contribution in [0.5, 0.6) is 5.75 Å². The number of hydrogen-bond donors (Lipinski definition) is 1. The summed E-state index contributed by atoms with van der Waals surface area (Å²) in [7, 11) is 0. The van der Waals surface area contributed by atoms with Crippen LogP contribution >= 0.6 is 0 Å². The monoisotopic (exact) mass is 560 g/mol. The fourth-order valence-electron chi connectivity index (χ4n) is 4.80. The summed E-state index contributed by atoms with van der Waals surface area (Å²) in [6, 6.07) is 9.15. The molecule has 0 saturated heterocycles. The summed E-state index contributed by atoms with van der Waals surface area (Å²) in [5, 5.41) is 3.27. The fourth-order valence-corrected chi connectivity index (χ4v) is 4.80. The second kappa shape index (κ2) is 11.0. The third kappa shape index (κ3) is 6.28. The van der Waals surface area contributed by atoms with Crippen LogP contribution in [0, 0.1) is 17.6 Å². The van der Waals surface area contributed by atoms with Gasteiger partial charge >= 0.3 is 12.4 Å². The number of ether oxygens (including phenoxy) is 1. The second-order valence-electron chi connectivity index (χ2n) is 9.22. The summed E-state index contributed by atoms with van der Waals surface area (Å²) < 4.78 is 84.5. The molecule has 2 aromatic carbocycles. The Bertz CT molecular complexity index is 1580. The number of fused-ring (bicyclic) bond motifs is 3. The predicted octanol–water partition coefficient (Wildman–Crippen LogP) is 6.18. The van der Waals surface area contributed by atoms with Crippen LogP contribution in [0.1, 0.15) is 22.4 Å². The van der Waals surface area contributed by atoms with Crippen molar-refractivity contribution < 1.29 is 35.9 Å². The van der Waals surface area contributed by atoms with Crippen LogP contribution in [0.15, 0.2) is 60.8 Å². The lowest BCUT2D eigenvalue weighted by atomic mass is 10.0. The number of aromatic nitrogens is 2. The summed E-state index contributed by atoms with van der Waals surface area (Å²) in [5.41, 5.74) is 2.45. The maximum Gasteiger partial charge on any atom is 0.573 e. The summed E-state index contributed by atoms with van der Waals surface area (Å²) in [6.07, 6.45) is 0.110. The van der Waals surface area contributed by atoms with Crippen molar-refractivity contribution in [2.75, 3.05) is 13.1 Å². The van der Waals surface area contributed by atoms with Crippen LogP contribution in [-0.2, 0) is 19.5 Å². The number of amides is 1. The minimum atomic E-state index is -4.91. The van der Waals surface area contributed by atoms with E-state index in [1.165, 1.54) is 47.2 Å². The van der Waals surface area contributed by atoms with Crippen molar-refractivity contribution in [1.82, 2.24) is 19.8 Å². The number of alkyl halides is 3. The average Bonchev–Trinajstić information content (AvgIpc) is 3.19. The van der Waals surface area contributed by atoms with Crippen LogP contribution in [0.2, 0.25) is 0 Å². The van der Waals surface area contributed by atoms with E-state index >= 15 is 0 Å². The molecule has 6 nitrogen and oxygen atoms in total. The predicted molar refractivity (Wildman–Crippen MR) is 135 cm³/mol. The SMILES string of the molecule is O=C(NCc1ccnc(F)c1)n1c2c(c3ccc(OC(F)(F)F)cc31)CN(CC=Cc1cc(F)cc(F)c1)CC2. The van der Waals surface area contributed by atoms with Gasteiger partial charge in [0.1, 0.15) is 17.4 Å². The van der Waals surface area contributed by atoms with Gasteiger partial charge in [0.05, 0.1) is 5.52 Å². The van der Waals surface area contributed by atoms with Crippen molar-refractivity contribution in [3.63, 3.8) is 0 Å². The first-order valence-corrected chi connectivity index (χ1v) is 12.2. The van der Waals surface area contributed by atoms with E-state index in [-0.39, 0.29) is 12.1 Å². The van der Waals surface area contributed by atoms with Crippen LogP contribution in [0.25, 0.3) is 17.0 Å². The molecule has 1 aliphatic heterocycles. The highest BCUT2D eigenvalue weighted by molar-refractivity contribution is 5.96. The highest BCUT2D eigenvalue weighted by Gasteiger charge is 2.32. The van der Waals surface area contributed by atoms with Crippen LogP contribution in [-0.4, -0.2) is 39.9 Å². The van der Waals surface area contributed by atoms with Crippen molar-refractivity contribution in [3.8, 4) is 5.75 Å². The van der Waals surface area contributed by atoms with E-state index in [9.17, 15) is 31.1 Å². The largest absolute Gasteiger partial charge is 0.573 e. The standard InChI is InChI=1S/C28H22F6N4O2/c29-19-10-17(11-20(30)13-19)2-1-8-37-9-6-24-23(16-37)22-4-3-21(40-28(32,33)34)14-25(22)38(24)27(39)36-15-18-5-7-35-26(31)12-18/h1-5,7,10-14H,6,8-9,15-16H2,(H,36,39). The first-order valence-electron chi connectivity index (χ1n) is 12.2. The van der Waals surface area contributed by atoms with Gasteiger partial charge in [0, 0.05) is 62.0 Å². The summed E-state index contributed by atoms with van der Waals surface area (Å²) >= 11 is 0. The number of carbonyl (C=O) groups is 1. The van der Waals surface area contributed by atoms with Gasteiger partial charge in [0.2, 0.25) is 5.95 Å². The molecule has 5 rings (SSSR count). The van der Waals surface area contributed by atoms with Gasteiger partial charge in [-0.05, 0) is 53.1 Å². The molecule has 12 heteroatoms. The number of hydrogen-bond acceptors (Lipinski definition) is 4. The molecule has 3 heterocycles. The number of nitrogens with zero attached hydrogens (tertiary/aromatic N) is 3. The average molecular weight is 560 g/mol. The van der Waals surface area contributed by atoms with E-state index in [2.05, 4.69) is 15.0 Å². The van der Waals surface area contributed by atoms with Crippen molar-refractivity contribution in [2.24, 2.45) is 0 Å². The highest BCUT2D eigenvalue weighted by Crippen LogP contribution is 2.34. The normalized spacial score (nSPS) is 14.1. The Balaban J connectivity index is 1.42. The lowest BCUT2D eigenvalue weighted by Crippen LogP contribution is -2.34. The van der Waals surface area contributed by atoms with Crippen LogP contribution in [0.3, 0.4) is 0 Å². The summed E-state index contributed by atoms with van der Waals surface area (Å²) in [5.74, 6) is -2.55. The van der Waals surface area contributed by atoms with Gasteiger partial charge < -0.3 is 10.1 Å². The molecule has 0 fully saturated rings. The number of halogens is 6. The van der Waals surface area contributed by atoms with E-state index in [0.717, 1.165) is 17.7 Å². The van der Waals surface area contributed by atoms with Gasteiger partial charge in [-0.2, -0.15) is 4.39 Å². The molecule has 1 amide bonds. The van der Waals surface area contributed by atoms with Crippen molar-refractivity contribution in [2.45, 2.75) is 25.9 Å². The molecular formula is C28H22F6N4O2. The lowest BCUT2D eigenvalue weighted by molar-refractivity contribution is -0.274. The Morgan fingerprint density at radius 1 is 1.05 bits per heavy atom. The minimum absolute atomic E-state index is 0.0247. The summed E-state index contributed by atoms with van der Waals surface area (Å²) in [6.45, 7) is 1.30. The van der Waals surface area contributed by atoms with Crippen molar-refractivity contribution in [3.05, 3.63) is 101 Å². The fraction of sp³-hybridized carbons (Fsp3) is 0.214. The number of rotatable bonds is 6. The molecule has 1 aliphatic rings. The Labute approximate surface area is 224 Å².